The zero-order valence-corrected chi connectivity index (χ0v) is 13.1. The lowest BCUT2D eigenvalue weighted by Crippen LogP contribution is -2.51. The largest absolute Gasteiger partial charge is 0.496 e. The van der Waals surface area contributed by atoms with Gasteiger partial charge in [0.1, 0.15) is 5.75 Å². The third kappa shape index (κ3) is 3.48. The lowest BCUT2D eigenvalue weighted by molar-refractivity contribution is 0.0137. The second-order valence-corrected chi connectivity index (χ2v) is 5.55. The van der Waals surface area contributed by atoms with Gasteiger partial charge in [-0.15, -0.1) is 0 Å². The van der Waals surface area contributed by atoms with Crippen molar-refractivity contribution in [1.29, 1.82) is 0 Å². The summed E-state index contributed by atoms with van der Waals surface area (Å²) in [7, 11) is 3.22. The van der Waals surface area contributed by atoms with Gasteiger partial charge in [0.15, 0.2) is 0 Å². The molecule has 1 aliphatic heterocycles. The number of carbonyl (C=O) groups excluding carboxylic acids is 1. The number of carbonyl (C=O) groups is 1. The number of piperidine rings is 1. The van der Waals surface area contributed by atoms with Gasteiger partial charge in [-0.25, -0.2) is 0 Å². The quantitative estimate of drug-likeness (QED) is 0.922. The monoisotopic (exact) mass is 312 g/mol. The minimum Gasteiger partial charge on any atom is -0.496 e. The van der Waals surface area contributed by atoms with Crippen molar-refractivity contribution >= 4 is 17.5 Å². The Morgan fingerprint density at radius 2 is 2.24 bits per heavy atom. The Kier molecular flexibility index (Phi) is 5.45. The van der Waals surface area contributed by atoms with Crippen LogP contribution in [0.1, 0.15) is 23.2 Å². The number of hydrogen-bond donors (Lipinski definition) is 1. The molecule has 1 saturated heterocycles. The van der Waals surface area contributed by atoms with Crippen molar-refractivity contribution < 1.29 is 14.3 Å². The summed E-state index contributed by atoms with van der Waals surface area (Å²) in [4.78, 5) is 14.6. The smallest absolute Gasteiger partial charge is 0.257 e. The molecule has 21 heavy (non-hydrogen) atoms. The van der Waals surface area contributed by atoms with Crippen LogP contribution in [0.2, 0.25) is 5.02 Å². The molecule has 2 atom stereocenters. The minimum atomic E-state index is -0.0754. The number of likely N-dealkylation sites (tertiary alicyclic amines) is 1. The van der Waals surface area contributed by atoms with E-state index in [9.17, 15) is 4.79 Å². The molecule has 1 aliphatic rings. The SMILES string of the molecule is COc1cc(Cl)ccc1C(=O)N1CCC(OC)CC1CN. The van der Waals surface area contributed by atoms with Crippen molar-refractivity contribution in [3.8, 4) is 5.75 Å². The lowest BCUT2D eigenvalue weighted by atomic mass is 9.98. The number of benzene rings is 1. The summed E-state index contributed by atoms with van der Waals surface area (Å²) in [6.45, 7) is 1.05. The summed E-state index contributed by atoms with van der Waals surface area (Å²) < 4.78 is 10.6. The third-order valence-electron chi connectivity index (χ3n) is 3.93. The number of halogens is 1. The van der Waals surface area contributed by atoms with Gasteiger partial charge in [0, 0.05) is 31.3 Å². The van der Waals surface area contributed by atoms with Crippen LogP contribution in [0.5, 0.6) is 5.75 Å². The van der Waals surface area contributed by atoms with Crippen LogP contribution in [0.3, 0.4) is 0 Å². The number of ether oxygens (including phenoxy) is 2. The zero-order chi connectivity index (χ0) is 15.4. The average Bonchev–Trinajstić information content (AvgIpc) is 2.53. The number of nitrogens with two attached hydrogens (primary N) is 1. The van der Waals surface area contributed by atoms with Crippen LogP contribution >= 0.6 is 11.6 Å². The summed E-state index contributed by atoms with van der Waals surface area (Å²) in [5.41, 5.74) is 6.33. The predicted molar refractivity (Wildman–Crippen MR) is 81.9 cm³/mol. The van der Waals surface area contributed by atoms with E-state index in [-0.39, 0.29) is 18.1 Å². The first-order valence-corrected chi connectivity index (χ1v) is 7.35. The van der Waals surface area contributed by atoms with E-state index in [0.29, 0.717) is 29.4 Å². The molecule has 6 heteroatoms. The molecule has 1 amide bonds. The standard InChI is InChI=1S/C15H21ClN2O3/c1-20-12-5-6-18(11(8-12)9-17)15(19)13-4-3-10(16)7-14(13)21-2/h3-4,7,11-12H,5-6,8-9,17H2,1-2H3. The van der Waals surface area contributed by atoms with E-state index in [4.69, 9.17) is 26.8 Å². The maximum absolute atomic E-state index is 12.8. The van der Waals surface area contributed by atoms with Gasteiger partial charge in [-0.1, -0.05) is 11.6 Å². The number of nitrogens with zero attached hydrogens (tertiary/aromatic N) is 1. The van der Waals surface area contributed by atoms with Crippen molar-refractivity contribution in [3.63, 3.8) is 0 Å². The van der Waals surface area contributed by atoms with Crippen LogP contribution in [0.4, 0.5) is 0 Å². The highest BCUT2D eigenvalue weighted by Gasteiger charge is 2.32. The average molecular weight is 313 g/mol. The number of rotatable bonds is 4. The Hall–Kier alpha value is -1.30. The van der Waals surface area contributed by atoms with Crippen molar-refractivity contribution in [2.45, 2.75) is 25.0 Å². The molecule has 1 aromatic rings. The summed E-state index contributed by atoms with van der Waals surface area (Å²) >= 11 is 5.94. The van der Waals surface area contributed by atoms with Gasteiger partial charge in [0.05, 0.1) is 18.8 Å². The third-order valence-corrected chi connectivity index (χ3v) is 4.16. The van der Waals surface area contributed by atoms with Crippen molar-refractivity contribution in [3.05, 3.63) is 28.8 Å². The Balaban J connectivity index is 2.23. The molecular weight excluding hydrogens is 292 g/mol. The second-order valence-electron chi connectivity index (χ2n) is 5.11. The normalized spacial score (nSPS) is 22.2. The van der Waals surface area contributed by atoms with Gasteiger partial charge in [-0.3, -0.25) is 4.79 Å². The second kappa shape index (κ2) is 7.11. The van der Waals surface area contributed by atoms with Gasteiger partial charge in [-0.05, 0) is 31.0 Å². The van der Waals surface area contributed by atoms with E-state index in [0.717, 1.165) is 12.8 Å². The molecule has 0 aromatic heterocycles. The molecule has 0 radical (unpaired) electrons. The maximum Gasteiger partial charge on any atom is 0.257 e. The molecule has 2 unspecified atom stereocenters. The fraction of sp³-hybridized carbons (Fsp3) is 0.533. The van der Waals surface area contributed by atoms with Gasteiger partial charge in [0.2, 0.25) is 0 Å². The molecule has 0 bridgehead atoms. The topological polar surface area (TPSA) is 64.8 Å². The fourth-order valence-corrected chi connectivity index (χ4v) is 2.88. The molecule has 1 fully saturated rings. The molecular formula is C15H21ClN2O3. The molecule has 116 valence electrons. The van der Waals surface area contributed by atoms with E-state index < -0.39 is 0 Å². The Bertz CT molecular complexity index is 510. The Morgan fingerprint density at radius 3 is 2.86 bits per heavy atom. The van der Waals surface area contributed by atoms with Crippen LogP contribution in [0.15, 0.2) is 18.2 Å². The van der Waals surface area contributed by atoms with Crippen molar-refractivity contribution in [1.82, 2.24) is 4.90 Å². The van der Waals surface area contributed by atoms with Crippen LogP contribution in [0, 0.1) is 0 Å². The van der Waals surface area contributed by atoms with Crippen LogP contribution in [-0.4, -0.2) is 50.3 Å². The highest BCUT2D eigenvalue weighted by molar-refractivity contribution is 6.30. The predicted octanol–water partition coefficient (Wildman–Crippen LogP) is 1.93. The van der Waals surface area contributed by atoms with Crippen LogP contribution in [0.25, 0.3) is 0 Å². The van der Waals surface area contributed by atoms with Crippen molar-refractivity contribution in [2.75, 3.05) is 27.3 Å². The Morgan fingerprint density at radius 1 is 1.48 bits per heavy atom. The molecule has 0 spiro atoms. The number of hydrogen-bond acceptors (Lipinski definition) is 4. The number of methoxy groups -OCH3 is 2. The van der Waals surface area contributed by atoms with E-state index in [1.807, 2.05) is 0 Å². The first kappa shape index (κ1) is 16.1. The first-order valence-electron chi connectivity index (χ1n) is 6.98. The summed E-state index contributed by atoms with van der Waals surface area (Å²) in [5.74, 6) is 0.408. The van der Waals surface area contributed by atoms with Crippen LogP contribution < -0.4 is 10.5 Å². The van der Waals surface area contributed by atoms with Crippen LogP contribution in [-0.2, 0) is 4.74 Å². The highest BCUT2D eigenvalue weighted by Crippen LogP contribution is 2.27. The van der Waals surface area contributed by atoms with Gasteiger partial charge >= 0.3 is 0 Å². The van der Waals surface area contributed by atoms with E-state index in [1.54, 1.807) is 30.2 Å². The Labute approximate surface area is 130 Å². The van der Waals surface area contributed by atoms with E-state index >= 15 is 0 Å². The summed E-state index contributed by atoms with van der Waals surface area (Å²) in [6, 6.07) is 5.01. The minimum absolute atomic E-state index is 0.0171. The molecule has 1 heterocycles. The van der Waals surface area contributed by atoms with Crippen molar-refractivity contribution in [2.24, 2.45) is 5.73 Å². The highest BCUT2D eigenvalue weighted by atomic mass is 35.5. The molecule has 2 rings (SSSR count). The van der Waals surface area contributed by atoms with Gasteiger partial charge in [0.25, 0.3) is 5.91 Å². The summed E-state index contributed by atoms with van der Waals surface area (Å²) in [6.07, 6.45) is 1.73. The zero-order valence-electron chi connectivity index (χ0n) is 12.3. The summed E-state index contributed by atoms with van der Waals surface area (Å²) in [5, 5.41) is 0.539. The molecule has 0 aliphatic carbocycles. The van der Waals surface area contributed by atoms with Gasteiger partial charge in [-0.2, -0.15) is 0 Å². The first-order chi connectivity index (χ1) is 10.1. The molecule has 1 aromatic carbocycles. The van der Waals surface area contributed by atoms with E-state index in [1.165, 1.54) is 7.11 Å². The fourth-order valence-electron chi connectivity index (χ4n) is 2.72. The molecule has 5 nitrogen and oxygen atoms in total. The molecule has 0 saturated carbocycles. The lowest BCUT2D eigenvalue weighted by Gasteiger charge is -2.38. The maximum atomic E-state index is 12.8. The van der Waals surface area contributed by atoms with Gasteiger partial charge < -0.3 is 20.1 Å². The number of amides is 1. The molecule has 2 N–H and O–H groups in total. The van der Waals surface area contributed by atoms with E-state index in [2.05, 4.69) is 0 Å².